The molecule has 10 heteroatoms. The van der Waals surface area contributed by atoms with Crippen molar-refractivity contribution >= 4 is 10.3 Å². The summed E-state index contributed by atoms with van der Waals surface area (Å²) in [5.41, 5.74) is 8.00. The zero-order chi connectivity index (χ0) is 12.6. The van der Waals surface area contributed by atoms with Crippen molar-refractivity contribution in [3.8, 4) is 0 Å². The number of hydrogen-bond acceptors (Lipinski definition) is 5. The third-order valence-electron chi connectivity index (χ3n) is 1.85. The van der Waals surface area contributed by atoms with Crippen LogP contribution in [0.1, 0.15) is 19.8 Å². The van der Waals surface area contributed by atoms with Crippen LogP contribution in [0.2, 0.25) is 0 Å². The van der Waals surface area contributed by atoms with Crippen LogP contribution in [0.3, 0.4) is 0 Å². The Hall–Kier alpha value is 0.776. The van der Waals surface area contributed by atoms with Gasteiger partial charge in [0, 0.05) is 18.0 Å². The quantitative estimate of drug-likeness (QED) is 0.170. The van der Waals surface area contributed by atoms with Gasteiger partial charge in [-0.2, -0.15) is 0 Å². The van der Waals surface area contributed by atoms with E-state index in [1.54, 1.807) is 0 Å². The van der Waals surface area contributed by atoms with E-state index < -0.39 is 16.4 Å². The first-order valence-corrected chi connectivity index (χ1v) is 6.18. The molecular weight excluding hydrogens is 275 g/mol. The van der Waals surface area contributed by atoms with Gasteiger partial charge in [0.25, 0.3) is 0 Å². The summed E-state index contributed by atoms with van der Waals surface area (Å²) < 4.78 is 33.1. The van der Waals surface area contributed by atoms with Crippen LogP contribution < -0.4 is 51.4 Å². The van der Waals surface area contributed by atoms with E-state index >= 15 is 0 Å². The third kappa shape index (κ3) is 10.4. The van der Waals surface area contributed by atoms with Crippen molar-refractivity contribution in [2.24, 2.45) is 5.11 Å². The maximum atomic E-state index is 10.8. The van der Waals surface area contributed by atoms with Crippen LogP contribution in [0.15, 0.2) is 5.11 Å². The van der Waals surface area contributed by atoms with E-state index in [9.17, 15) is 18.1 Å². The van der Waals surface area contributed by atoms with Gasteiger partial charge in [0.1, 0.15) is 0 Å². The predicted molar refractivity (Wildman–Crippen MR) is 56.2 cm³/mol. The molecule has 0 amide bonds. The molecule has 0 aliphatic rings. The molecule has 0 aromatic carbocycles. The molecule has 0 aromatic rings. The fraction of sp³-hybridized carbons (Fsp3) is 1.00. The van der Waals surface area contributed by atoms with Gasteiger partial charge in [0.2, 0.25) is 0 Å². The van der Waals surface area contributed by atoms with Gasteiger partial charge < -0.3 is 9.66 Å². The molecule has 0 aromatic heterocycles. The first-order chi connectivity index (χ1) is 7.41. The maximum Gasteiger partial charge on any atom is 1.00 e. The summed E-state index contributed by atoms with van der Waals surface area (Å²) in [7, 11) is -4.57. The molecule has 0 heterocycles. The normalized spacial score (nSPS) is 12.7. The van der Waals surface area contributed by atoms with Crippen molar-refractivity contribution in [3.63, 3.8) is 0 Å². The Bertz CT molecular complexity index is 344. The molecular formula is C7H15KN4O4S. The van der Waals surface area contributed by atoms with Gasteiger partial charge in [-0.25, -0.2) is 12.7 Å². The van der Waals surface area contributed by atoms with Gasteiger partial charge in [0.05, 0.1) is 12.6 Å². The van der Waals surface area contributed by atoms with Crippen LogP contribution in [0, 0.1) is 0 Å². The van der Waals surface area contributed by atoms with Gasteiger partial charge in [-0.15, -0.1) is 0 Å². The summed E-state index contributed by atoms with van der Waals surface area (Å²) in [5.74, 6) is 0. The monoisotopic (exact) mass is 290 g/mol. The van der Waals surface area contributed by atoms with Crippen LogP contribution >= 0.6 is 0 Å². The predicted octanol–water partition coefficient (Wildman–Crippen LogP) is -2.78. The molecule has 1 unspecified atom stereocenters. The van der Waals surface area contributed by atoms with Gasteiger partial charge >= 0.3 is 51.4 Å². The molecule has 1 N–H and O–H groups in total. The van der Waals surface area contributed by atoms with Crippen LogP contribution in [-0.2, 0) is 10.3 Å². The minimum Gasteiger partial charge on any atom is -0.735 e. The second kappa shape index (κ2) is 10.7. The number of azide groups is 1. The molecule has 0 radical (unpaired) electrons. The number of unbranched alkanes of at least 4 members (excludes halogenated alkanes) is 1. The van der Waals surface area contributed by atoms with Crippen LogP contribution in [0.4, 0.5) is 0 Å². The molecule has 0 spiro atoms. The first kappa shape index (κ1) is 20.1. The Labute approximate surface area is 143 Å². The zero-order valence-corrected chi connectivity index (χ0v) is 13.9. The largest absolute Gasteiger partial charge is 1.00 e. The molecule has 0 rings (SSSR count). The molecule has 0 fully saturated rings. The molecule has 1 atom stereocenters. The summed E-state index contributed by atoms with van der Waals surface area (Å²) >= 11 is 0. The molecule has 0 saturated carbocycles. The third-order valence-corrected chi connectivity index (χ3v) is 2.81. The van der Waals surface area contributed by atoms with E-state index in [1.165, 1.54) is 0 Å². The Balaban J connectivity index is 0. The fourth-order valence-corrected chi connectivity index (χ4v) is 1.76. The molecule has 0 bridgehead atoms. The summed E-state index contributed by atoms with van der Waals surface area (Å²) in [6.45, 7) is 1.32. The topological polar surface area (TPSA) is 129 Å². The van der Waals surface area contributed by atoms with E-state index in [4.69, 9.17) is 5.53 Å². The average molecular weight is 290 g/mol. The van der Waals surface area contributed by atoms with Gasteiger partial charge in [-0.3, -0.25) is 0 Å². The molecule has 0 aliphatic heterocycles. The van der Waals surface area contributed by atoms with Gasteiger partial charge in [0.15, 0.2) is 10.3 Å². The van der Waals surface area contributed by atoms with Crippen molar-refractivity contribution in [1.29, 1.82) is 0 Å². The van der Waals surface area contributed by atoms with Crippen molar-refractivity contribution in [3.05, 3.63) is 10.4 Å². The van der Waals surface area contributed by atoms with Crippen molar-refractivity contribution in [2.45, 2.75) is 25.9 Å². The standard InChI is InChI=1S/C7H16N4O4S.K/c1-2-3-4-11(16(13,14)15)6-7(12)5-9-10-8;/h7,12H,2-6H2,1H3,(H,13,14,15);/q;+1/p-1. The van der Waals surface area contributed by atoms with Crippen molar-refractivity contribution in [2.75, 3.05) is 19.6 Å². The smallest absolute Gasteiger partial charge is 0.735 e. The molecule has 8 nitrogen and oxygen atoms in total. The fourth-order valence-electron chi connectivity index (χ4n) is 1.05. The van der Waals surface area contributed by atoms with Crippen LogP contribution in [0.25, 0.3) is 10.4 Å². The van der Waals surface area contributed by atoms with Gasteiger partial charge in [-0.1, -0.05) is 18.5 Å². The van der Waals surface area contributed by atoms with Crippen LogP contribution in [0.5, 0.6) is 0 Å². The Morgan fingerprint density at radius 3 is 2.59 bits per heavy atom. The molecule has 0 saturated heterocycles. The second-order valence-electron chi connectivity index (χ2n) is 3.24. The summed E-state index contributed by atoms with van der Waals surface area (Å²) in [6, 6.07) is 0. The Morgan fingerprint density at radius 1 is 1.59 bits per heavy atom. The van der Waals surface area contributed by atoms with Crippen molar-refractivity contribution in [1.82, 2.24) is 4.31 Å². The number of nitrogens with zero attached hydrogens (tertiary/aromatic N) is 4. The van der Waals surface area contributed by atoms with E-state index in [0.29, 0.717) is 10.7 Å². The summed E-state index contributed by atoms with van der Waals surface area (Å²) in [4.78, 5) is 2.43. The van der Waals surface area contributed by atoms with E-state index in [-0.39, 0.29) is 71.0 Å². The number of hydrogen-bond donors (Lipinski definition) is 1. The first-order valence-electron chi connectivity index (χ1n) is 4.81. The minimum atomic E-state index is -4.57. The maximum absolute atomic E-state index is 10.8. The summed E-state index contributed by atoms with van der Waals surface area (Å²) in [6.07, 6.45) is 0.116. The van der Waals surface area contributed by atoms with E-state index in [1.807, 2.05) is 6.92 Å². The minimum absolute atomic E-state index is 0. The molecule has 94 valence electrons. The summed E-state index contributed by atoms with van der Waals surface area (Å²) in [5, 5.41) is 12.4. The molecule has 17 heavy (non-hydrogen) atoms. The van der Waals surface area contributed by atoms with Crippen molar-refractivity contribution < 1.29 is 69.5 Å². The van der Waals surface area contributed by atoms with E-state index in [2.05, 4.69) is 10.0 Å². The average Bonchev–Trinajstić information content (AvgIpc) is 2.19. The Morgan fingerprint density at radius 2 is 2.18 bits per heavy atom. The molecule has 0 aliphatic carbocycles. The zero-order valence-electron chi connectivity index (χ0n) is 9.98. The van der Waals surface area contributed by atoms with E-state index in [0.717, 1.165) is 6.42 Å². The number of aliphatic hydroxyl groups is 1. The number of rotatable bonds is 8. The van der Waals surface area contributed by atoms with Gasteiger partial charge in [-0.05, 0) is 12.0 Å². The van der Waals surface area contributed by atoms with Crippen LogP contribution in [-0.4, -0.2) is 48.1 Å². The Kier molecular flexibility index (Phi) is 12.6. The SMILES string of the molecule is CCCCN(CC(O)CN=[N+]=[N-])S(=O)(=O)[O-].[K+]. The number of aliphatic hydroxyl groups excluding tert-OH is 1. The second-order valence-corrected chi connectivity index (χ2v) is 4.61.